The first-order valence-electron chi connectivity index (χ1n) is 10.6. The van der Waals surface area contributed by atoms with Crippen LogP contribution >= 0.6 is 0 Å². The van der Waals surface area contributed by atoms with Crippen molar-refractivity contribution in [3.8, 4) is 0 Å². The lowest BCUT2D eigenvalue weighted by Crippen LogP contribution is -2.60. The lowest BCUT2D eigenvalue weighted by molar-refractivity contribution is -0.319. The molecule has 10 atom stereocenters. The monoisotopic (exact) mass is 464 g/mol. The Labute approximate surface area is 187 Å². The summed E-state index contributed by atoms with van der Waals surface area (Å²) >= 11 is 0. The van der Waals surface area contributed by atoms with E-state index in [4.69, 9.17) is 18.9 Å². The smallest absolute Gasteiger partial charge is 0.187 e. The summed E-state index contributed by atoms with van der Waals surface area (Å²) in [6, 6.07) is 0. The van der Waals surface area contributed by atoms with Gasteiger partial charge >= 0.3 is 0 Å². The zero-order valence-corrected chi connectivity index (χ0v) is 18.4. The number of allylic oxidation sites excluding steroid dienone is 1. The summed E-state index contributed by atoms with van der Waals surface area (Å²) in [5.74, 6) is 0. The van der Waals surface area contributed by atoms with Gasteiger partial charge in [-0.25, -0.2) is 0 Å². The van der Waals surface area contributed by atoms with Crippen molar-refractivity contribution in [3.05, 3.63) is 24.3 Å². The Morgan fingerprint density at radius 2 is 1.66 bits per heavy atom. The third-order valence-corrected chi connectivity index (χ3v) is 5.61. The fourth-order valence-corrected chi connectivity index (χ4v) is 3.29. The minimum Gasteiger partial charge on any atom is -0.388 e. The van der Waals surface area contributed by atoms with Gasteiger partial charge in [-0.3, -0.25) is 0 Å². The second-order valence-electron chi connectivity index (χ2n) is 8.56. The molecule has 0 unspecified atom stereocenters. The average molecular weight is 465 g/mol. The van der Waals surface area contributed by atoms with Crippen molar-refractivity contribution in [1.29, 1.82) is 0 Å². The van der Waals surface area contributed by atoms with E-state index >= 15 is 0 Å². The highest BCUT2D eigenvalue weighted by Crippen LogP contribution is 2.25. The van der Waals surface area contributed by atoms with Gasteiger partial charge < -0.3 is 54.7 Å². The second kappa shape index (κ2) is 12.0. The summed E-state index contributed by atoms with van der Waals surface area (Å²) in [6.45, 7) is 6.50. The Hall–Kier alpha value is -0.960. The first kappa shape index (κ1) is 27.3. The fraction of sp³-hybridized carbons (Fsp3) is 0.810. The van der Waals surface area contributed by atoms with Crippen molar-refractivity contribution in [1.82, 2.24) is 0 Å². The maximum atomic E-state index is 10.2. The molecule has 2 fully saturated rings. The average Bonchev–Trinajstić information content (AvgIpc) is 2.75. The standard InChI is InChI=1S/C21H36O11/c1-4-21(3,28)7-5-6-11(2)8-29-20-18(27)16(25)15(24)13(32-20)10-31-19-17(26)14(23)12(22)9-30-19/h4,6,12-20,22-28H,1,5,7-10H2,2-3H3/b11-6+/t12-,13+,14-,15+,16-,17+,18+,19-,20+,21+/m0/s1. The summed E-state index contributed by atoms with van der Waals surface area (Å²) in [6.07, 6.45) is -8.09. The van der Waals surface area contributed by atoms with Gasteiger partial charge in [0.05, 0.1) is 25.4 Å². The van der Waals surface area contributed by atoms with Crippen LogP contribution in [-0.2, 0) is 18.9 Å². The molecular weight excluding hydrogens is 428 g/mol. The van der Waals surface area contributed by atoms with Crippen LogP contribution in [0.2, 0.25) is 0 Å². The Morgan fingerprint density at radius 3 is 2.31 bits per heavy atom. The molecule has 0 aromatic rings. The van der Waals surface area contributed by atoms with Gasteiger partial charge in [0, 0.05) is 0 Å². The van der Waals surface area contributed by atoms with Crippen LogP contribution in [0.5, 0.6) is 0 Å². The van der Waals surface area contributed by atoms with Gasteiger partial charge in [-0.1, -0.05) is 17.7 Å². The van der Waals surface area contributed by atoms with Crippen LogP contribution in [0.25, 0.3) is 0 Å². The van der Waals surface area contributed by atoms with E-state index in [9.17, 15) is 35.7 Å². The first-order valence-corrected chi connectivity index (χ1v) is 10.6. The van der Waals surface area contributed by atoms with Crippen LogP contribution in [-0.4, -0.2) is 116 Å². The Kier molecular flexibility index (Phi) is 10.2. The topological polar surface area (TPSA) is 179 Å². The van der Waals surface area contributed by atoms with Crippen molar-refractivity contribution >= 4 is 0 Å². The zero-order valence-electron chi connectivity index (χ0n) is 18.4. The van der Waals surface area contributed by atoms with E-state index in [0.29, 0.717) is 12.8 Å². The lowest BCUT2D eigenvalue weighted by Gasteiger charge is -2.41. The maximum Gasteiger partial charge on any atom is 0.187 e. The van der Waals surface area contributed by atoms with E-state index in [-0.39, 0.29) is 19.8 Å². The summed E-state index contributed by atoms with van der Waals surface area (Å²) in [7, 11) is 0. The molecule has 7 N–H and O–H groups in total. The second-order valence-corrected chi connectivity index (χ2v) is 8.56. The molecule has 0 radical (unpaired) electrons. The Balaban J connectivity index is 1.87. The molecule has 0 aromatic carbocycles. The van der Waals surface area contributed by atoms with Crippen LogP contribution in [0, 0.1) is 0 Å². The predicted molar refractivity (Wildman–Crippen MR) is 110 cm³/mol. The van der Waals surface area contributed by atoms with E-state index in [2.05, 4.69) is 6.58 Å². The molecule has 0 amide bonds. The number of ether oxygens (including phenoxy) is 4. The van der Waals surface area contributed by atoms with Gasteiger partial charge in [0.25, 0.3) is 0 Å². The van der Waals surface area contributed by atoms with E-state index in [1.807, 2.05) is 6.08 Å². The molecule has 0 saturated carbocycles. The number of aliphatic hydroxyl groups excluding tert-OH is 6. The number of aliphatic hydroxyl groups is 7. The molecule has 11 heteroatoms. The molecule has 0 aliphatic carbocycles. The minimum atomic E-state index is -1.57. The Morgan fingerprint density at radius 1 is 1.00 bits per heavy atom. The molecule has 2 rings (SSSR count). The van der Waals surface area contributed by atoms with Crippen LogP contribution in [0.3, 0.4) is 0 Å². The molecule has 0 aromatic heterocycles. The van der Waals surface area contributed by atoms with Gasteiger partial charge in [0.2, 0.25) is 0 Å². The quantitative estimate of drug-likeness (QED) is 0.177. The van der Waals surface area contributed by atoms with Gasteiger partial charge in [-0.2, -0.15) is 0 Å². The highest BCUT2D eigenvalue weighted by atomic mass is 16.7. The van der Waals surface area contributed by atoms with Crippen molar-refractivity contribution in [3.63, 3.8) is 0 Å². The van der Waals surface area contributed by atoms with E-state index in [1.54, 1.807) is 13.8 Å². The highest BCUT2D eigenvalue weighted by molar-refractivity contribution is 5.01. The summed E-state index contributed by atoms with van der Waals surface area (Å²) in [5, 5.41) is 69.6. The fourth-order valence-electron chi connectivity index (χ4n) is 3.29. The molecule has 2 saturated heterocycles. The van der Waals surface area contributed by atoms with Crippen LogP contribution < -0.4 is 0 Å². The molecule has 2 heterocycles. The molecule has 11 nitrogen and oxygen atoms in total. The molecular formula is C21H36O11. The van der Waals surface area contributed by atoms with Gasteiger partial charge in [0.15, 0.2) is 12.6 Å². The van der Waals surface area contributed by atoms with E-state index in [0.717, 1.165) is 5.57 Å². The first-order chi connectivity index (χ1) is 15.0. The van der Waals surface area contributed by atoms with Crippen molar-refractivity contribution in [2.24, 2.45) is 0 Å². The molecule has 186 valence electrons. The molecule has 2 aliphatic rings. The number of hydrogen-bond acceptors (Lipinski definition) is 11. The summed E-state index contributed by atoms with van der Waals surface area (Å²) in [5.41, 5.74) is -0.169. The maximum absolute atomic E-state index is 10.2. The normalized spacial score (nSPS) is 40.7. The van der Waals surface area contributed by atoms with Crippen LogP contribution in [0.1, 0.15) is 26.7 Å². The summed E-state index contributed by atoms with van der Waals surface area (Å²) in [4.78, 5) is 0. The third kappa shape index (κ3) is 7.27. The SMILES string of the molecule is C=C[C@@](C)(O)CC/C=C(\C)CO[C@@H]1O[C@H](CO[C@@H]2OC[C@H](O)[C@H](O)[C@H]2O)[C@@H](O)[C@H](O)[C@H]1O. The van der Waals surface area contributed by atoms with E-state index in [1.165, 1.54) is 6.08 Å². The van der Waals surface area contributed by atoms with Crippen LogP contribution in [0.4, 0.5) is 0 Å². The molecule has 0 spiro atoms. The Bertz CT molecular complexity index is 625. The number of rotatable bonds is 10. The molecule has 2 aliphatic heterocycles. The van der Waals surface area contributed by atoms with E-state index < -0.39 is 60.9 Å². The van der Waals surface area contributed by atoms with Crippen LogP contribution in [0.15, 0.2) is 24.3 Å². The third-order valence-electron chi connectivity index (χ3n) is 5.61. The number of hydrogen-bond donors (Lipinski definition) is 7. The van der Waals surface area contributed by atoms with Gasteiger partial charge in [0.1, 0.15) is 42.7 Å². The molecule has 32 heavy (non-hydrogen) atoms. The largest absolute Gasteiger partial charge is 0.388 e. The molecule has 0 bridgehead atoms. The predicted octanol–water partition coefficient (Wildman–Crippen LogP) is -2.07. The van der Waals surface area contributed by atoms with Gasteiger partial charge in [-0.05, 0) is 26.7 Å². The van der Waals surface area contributed by atoms with Gasteiger partial charge in [-0.15, -0.1) is 6.58 Å². The zero-order chi connectivity index (χ0) is 24.1. The lowest BCUT2D eigenvalue weighted by atomic mass is 9.99. The van der Waals surface area contributed by atoms with Crippen molar-refractivity contribution in [2.75, 3.05) is 19.8 Å². The summed E-state index contributed by atoms with van der Waals surface area (Å²) < 4.78 is 21.6. The highest BCUT2D eigenvalue weighted by Gasteiger charge is 2.45. The van der Waals surface area contributed by atoms with Crippen molar-refractivity contribution < 1.29 is 54.7 Å². The van der Waals surface area contributed by atoms with Crippen molar-refractivity contribution in [2.45, 2.75) is 87.6 Å². The minimum absolute atomic E-state index is 0.0723.